The fourth-order valence-electron chi connectivity index (χ4n) is 1.35. The number of rotatable bonds is 5. The van der Waals surface area contributed by atoms with Gasteiger partial charge >= 0.3 is 0 Å². The lowest BCUT2D eigenvalue weighted by Gasteiger charge is -2.11. The van der Waals surface area contributed by atoms with Crippen LogP contribution in [-0.4, -0.2) is 23.8 Å². The summed E-state index contributed by atoms with van der Waals surface area (Å²) in [4.78, 5) is 5.58. The highest BCUT2D eigenvalue weighted by Crippen LogP contribution is 2.24. The summed E-state index contributed by atoms with van der Waals surface area (Å²) in [6, 6.07) is 8.62. The van der Waals surface area contributed by atoms with Gasteiger partial charge in [-0.25, -0.2) is 0 Å². The van der Waals surface area contributed by atoms with Gasteiger partial charge in [0.1, 0.15) is 0 Å². The van der Waals surface area contributed by atoms with Crippen molar-refractivity contribution >= 4 is 57.6 Å². The second-order valence-electron chi connectivity index (χ2n) is 4.41. The zero-order valence-corrected chi connectivity index (χ0v) is 16.1. The Hall–Kier alpha value is 0.0500. The van der Waals surface area contributed by atoms with E-state index in [1.54, 1.807) is 11.8 Å². The highest BCUT2D eigenvalue weighted by molar-refractivity contribution is 14.0. The third-order valence-corrected chi connectivity index (χ3v) is 3.73. The van der Waals surface area contributed by atoms with Crippen molar-refractivity contribution in [2.75, 3.05) is 6.54 Å². The summed E-state index contributed by atoms with van der Waals surface area (Å²) in [6.07, 6.45) is 0. The van der Waals surface area contributed by atoms with Crippen molar-refractivity contribution in [1.82, 2.24) is 5.32 Å². The van der Waals surface area contributed by atoms with Crippen LogP contribution in [0.5, 0.6) is 0 Å². The first-order chi connectivity index (χ1) is 8.47. The molecule has 0 fully saturated rings. The number of thioether (sulfide) groups is 1. The van der Waals surface area contributed by atoms with Crippen molar-refractivity contribution in [1.29, 1.82) is 0 Å². The third kappa shape index (κ3) is 8.75. The van der Waals surface area contributed by atoms with E-state index in [0.29, 0.717) is 23.8 Å². The lowest BCUT2D eigenvalue weighted by atomic mass is 10.4. The smallest absolute Gasteiger partial charge is 0.188 e. The highest BCUT2D eigenvalue weighted by atomic mass is 127. The zero-order valence-electron chi connectivity index (χ0n) is 11.4. The van der Waals surface area contributed by atoms with Gasteiger partial charge in [-0.05, 0) is 38.1 Å². The minimum atomic E-state index is 0. The first-order valence-corrected chi connectivity index (χ1v) is 7.63. The van der Waals surface area contributed by atoms with Gasteiger partial charge < -0.3 is 11.1 Å². The maximum absolute atomic E-state index is 5.76. The van der Waals surface area contributed by atoms with Gasteiger partial charge in [0.2, 0.25) is 0 Å². The highest BCUT2D eigenvalue weighted by Gasteiger charge is 2.04. The summed E-state index contributed by atoms with van der Waals surface area (Å²) < 4.78 is 1.10. The van der Waals surface area contributed by atoms with Gasteiger partial charge in [0.25, 0.3) is 0 Å². The van der Waals surface area contributed by atoms with Gasteiger partial charge in [0.15, 0.2) is 5.96 Å². The minimum absolute atomic E-state index is 0. The number of guanidine groups is 1. The van der Waals surface area contributed by atoms with E-state index in [1.165, 1.54) is 4.90 Å². The first kappa shape index (κ1) is 19.1. The van der Waals surface area contributed by atoms with Crippen LogP contribution in [-0.2, 0) is 0 Å². The largest absolute Gasteiger partial charge is 0.370 e. The first-order valence-electron chi connectivity index (χ1n) is 5.96. The number of benzene rings is 1. The van der Waals surface area contributed by atoms with Crippen molar-refractivity contribution < 1.29 is 0 Å². The molecule has 0 amide bonds. The van der Waals surface area contributed by atoms with Crippen molar-refractivity contribution in [2.24, 2.45) is 10.7 Å². The van der Waals surface area contributed by atoms with E-state index in [2.05, 4.69) is 45.3 Å². The molecule has 1 atom stereocenters. The lowest BCUT2D eigenvalue weighted by molar-refractivity contribution is 0.723. The van der Waals surface area contributed by atoms with Crippen LogP contribution in [0.2, 0.25) is 0 Å². The van der Waals surface area contributed by atoms with Crippen molar-refractivity contribution in [3.8, 4) is 0 Å². The molecule has 0 bridgehead atoms. The van der Waals surface area contributed by atoms with E-state index in [1.807, 2.05) is 26.0 Å². The summed E-state index contributed by atoms with van der Waals surface area (Å²) in [6.45, 7) is 6.95. The monoisotopic (exact) mass is 457 g/mol. The molecule has 3 N–H and O–H groups in total. The fraction of sp³-hybridized carbons (Fsp3) is 0.462. The van der Waals surface area contributed by atoms with Crippen LogP contribution in [0.1, 0.15) is 20.8 Å². The van der Waals surface area contributed by atoms with Crippen LogP contribution >= 0.6 is 51.7 Å². The molecule has 19 heavy (non-hydrogen) atoms. The number of halogens is 2. The van der Waals surface area contributed by atoms with Crippen LogP contribution < -0.4 is 11.1 Å². The molecule has 0 saturated heterocycles. The topological polar surface area (TPSA) is 50.4 Å². The van der Waals surface area contributed by atoms with Crippen molar-refractivity contribution in [3.63, 3.8) is 0 Å². The molecule has 3 nitrogen and oxygen atoms in total. The molecule has 0 radical (unpaired) electrons. The molecule has 6 heteroatoms. The molecular weight excluding hydrogens is 437 g/mol. The number of hydrogen-bond acceptors (Lipinski definition) is 2. The molecule has 1 unspecified atom stereocenters. The Morgan fingerprint density at radius 2 is 1.89 bits per heavy atom. The predicted molar refractivity (Wildman–Crippen MR) is 99.6 cm³/mol. The fourth-order valence-corrected chi connectivity index (χ4v) is 2.52. The van der Waals surface area contributed by atoms with Gasteiger partial charge in [-0.3, -0.25) is 4.99 Å². The summed E-state index contributed by atoms with van der Waals surface area (Å²) in [5.41, 5.74) is 5.76. The number of nitrogens with two attached hydrogens (primary N) is 1. The molecule has 108 valence electrons. The molecular formula is C13H21BrIN3S. The Morgan fingerprint density at radius 3 is 2.42 bits per heavy atom. The molecule has 0 aliphatic carbocycles. The Bertz CT molecular complexity index is 395. The van der Waals surface area contributed by atoms with E-state index in [0.717, 1.165) is 4.47 Å². The number of nitrogens with zero attached hydrogens (tertiary/aromatic N) is 1. The minimum Gasteiger partial charge on any atom is -0.370 e. The molecule has 0 aromatic heterocycles. The standard InChI is InChI=1S/C13H20BrN3S.HI/c1-9(2)17-13(15)16-8-10(3)18-12-6-4-11(14)5-7-12;/h4-7,9-10H,8H2,1-3H3,(H3,15,16,17);1H. The van der Waals surface area contributed by atoms with Crippen LogP contribution in [0.25, 0.3) is 0 Å². The van der Waals surface area contributed by atoms with Gasteiger partial charge in [-0.1, -0.05) is 22.9 Å². The van der Waals surface area contributed by atoms with Crippen LogP contribution in [0, 0.1) is 0 Å². The molecule has 0 aliphatic heterocycles. The van der Waals surface area contributed by atoms with E-state index < -0.39 is 0 Å². The van der Waals surface area contributed by atoms with E-state index in [-0.39, 0.29) is 24.0 Å². The Labute approximate surface area is 145 Å². The molecule has 0 heterocycles. The Morgan fingerprint density at radius 1 is 1.32 bits per heavy atom. The Balaban J connectivity index is 0.00000324. The molecule has 0 saturated carbocycles. The van der Waals surface area contributed by atoms with Crippen molar-refractivity contribution in [2.45, 2.75) is 37.0 Å². The second-order valence-corrected chi connectivity index (χ2v) is 6.83. The molecule has 1 aromatic rings. The van der Waals surface area contributed by atoms with E-state index >= 15 is 0 Å². The van der Waals surface area contributed by atoms with E-state index in [4.69, 9.17) is 5.73 Å². The van der Waals surface area contributed by atoms with Crippen LogP contribution in [0.3, 0.4) is 0 Å². The predicted octanol–water partition coefficient (Wildman–Crippen LogP) is 3.86. The number of aliphatic imine (C=N–C) groups is 1. The molecule has 0 aliphatic rings. The maximum atomic E-state index is 5.76. The quantitative estimate of drug-likeness (QED) is 0.305. The lowest BCUT2D eigenvalue weighted by Crippen LogP contribution is -2.37. The van der Waals surface area contributed by atoms with Gasteiger partial charge in [-0.2, -0.15) is 0 Å². The second kappa shape index (κ2) is 9.88. The SMILES string of the molecule is CC(C)NC(N)=NCC(C)Sc1ccc(Br)cc1.I. The van der Waals surface area contributed by atoms with Gasteiger partial charge in [0.05, 0.1) is 6.54 Å². The van der Waals surface area contributed by atoms with Gasteiger partial charge in [0, 0.05) is 20.7 Å². The summed E-state index contributed by atoms with van der Waals surface area (Å²) >= 11 is 5.23. The Kier molecular flexibility index (Phi) is 9.90. The molecule has 1 aromatic carbocycles. The maximum Gasteiger partial charge on any atom is 0.188 e. The zero-order chi connectivity index (χ0) is 13.5. The van der Waals surface area contributed by atoms with Gasteiger partial charge in [-0.15, -0.1) is 35.7 Å². The molecule has 0 spiro atoms. The summed E-state index contributed by atoms with van der Waals surface area (Å²) in [5, 5.41) is 3.48. The van der Waals surface area contributed by atoms with E-state index in [9.17, 15) is 0 Å². The summed E-state index contributed by atoms with van der Waals surface area (Å²) in [5.74, 6) is 0.522. The number of nitrogens with one attached hydrogen (secondary N) is 1. The molecule has 1 rings (SSSR count). The average molecular weight is 458 g/mol. The number of hydrogen-bond donors (Lipinski definition) is 2. The normalized spacial score (nSPS) is 13.0. The van der Waals surface area contributed by atoms with Crippen LogP contribution in [0.15, 0.2) is 38.6 Å². The third-order valence-electron chi connectivity index (χ3n) is 2.11. The van der Waals surface area contributed by atoms with Crippen molar-refractivity contribution in [3.05, 3.63) is 28.7 Å². The average Bonchev–Trinajstić information content (AvgIpc) is 2.29. The van der Waals surface area contributed by atoms with Crippen LogP contribution in [0.4, 0.5) is 0 Å². The summed E-state index contributed by atoms with van der Waals surface area (Å²) in [7, 11) is 0.